The van der Waals surface area contributed by atoms with Gasteiger partial charge in [0.1, 0.15) is 11.5 Å². The molecular weight excluding hydrogens is 522 g/mol. The Bertz CT molecular complexity index is 1780. The SMILES string of the molecule is COC(=O)/C=C/c1cc2cc(OC(=O)c3ccccc3)ccc2c2c(CC(=O)OC)n(-c3ccc(OC)cc3)cc12. The second-order valence-electron chi connectivity index (χ2n) is 9.15. The van der Waals surface area contributed by atoms with E-state index in [1.807, 2.05) is 53.2 Å². The zero-order valence-corrected chi connectivity index (χ0v) is 22.7. The topological polar surface area (TPSA) is 93.1 Å². The fraction of sp³-hybridized carbons (Fsp3) is 0.121. The first kappa shape index (κ1) is 27.2. The van der Waals surface area contributed by atoms with Gasteiger partial charge < -0.3 is 23.5 Å². The van der Waals surface area contributed by atoms with Gasteiger partial charge in [-0.2, -0.15) is 0 Å². The molecule has 0 spiro atoms. The maximum atomic E-state index is 12.7. The van der Waals surface area contributed by atoms with E-state index in [-0.39, 0.29) is 6.42 Å². The van der Waals surface area contributed by atoms with Gasteiger partial charge in [0.15, 0.2) is 0 Å². The third-order valence-corrected chi connectivity index (χ3v) is 6.73. The molecule has 0 aliphatic rings. The molecule has 8 heteroatoms. The smallest absolute Gasteiger partial charge is 0.343 e. The summed E-state index contributed by atoms with van der Waals surface area (Å²) in [7, 11) is 4.25. The summed E-state index contributed by atoms with van der Waals surface area (Å²) in [6, 6.07) is 23.4. The van der Waals surface area contributed by atoms with Gasteiger partial charge in [-0.15, -0.1) is 0 Å². The maximum absolute atomic E-state index is 12.7. The van der Waals surface area contributed by atoms with E-state index in [4.69, 9.17) is 18.9 Å². The van der Waals surface area contributed by atoms with Gasteiger partial charge in [0.2, 0.25) is 0 Å². The highest BCUT2D eigenvalue weighted by molar-refractivity contribution is 6.14. The second kappa shape index (κ2) is 11.8. The van der Waals surface area contributed by atoms with Crippen LogP contribution < -0.4 is 9.47 Å². The minimum Gasteiger partial charge on any atom is -0.497 e. The van der Waals surface area contributed by atoms with Crippen LogP contribution in [0.5, 0.6) is 11.5 Å². The number of carbonyl (C=O) groups excluding carboxylic acids is 3. The number of methoxy groups -OCH3 is 3. The lowest BCUT2D eigenvalue weighted by molar-refractivity contribution is -0.140. The summed E-state index contributed by atoms with van der Waals surface area (Å²) in [5.41, 5.74) is 2.65. The summed E-state index contributed by atoms with van der Waals surface area (Å²) < 4.78 is 22.7. The first-order valence-electron chi connectivity index (χ1n) is 12.8. The van der Waals surface area contributed by atoms with Crippen LogP contribution in [0.2, 0.25) is 0 Å². The Kier molecular flexibility index (Phi) is 7.83. The van der Waals surface area contributed by atoms with Crippen molar-refractivity contribution < 1.29 is 33.3 Å². The van der Waals surface area contributed by atoms with Crippen molar-refractivity contribution in [1.29, 1.82) is 0 Å². The van der Waals surface area contributed by atoms with Gasteiger partial charge in [0, 0.05) is 34.4 Å². The van der Waals surface area contributed by atoms with E-state index in [9.17, 15) is 14.4 Å². The highest BCUT2D eigenvalue weighted by Crippen LogP contribution is 2.37. The van der Waals surface area contributed by atoms with Gasteiger partial charge in [-0.1, -0.05) is 18.2 Å². The lowest BCUT2D eigenvalue weighted by atomic mass is 9.97. The number of ether oxygens (including phenoxy) is 4. The normalized spacial score (nSPS) is 11.1. The summed E-state index contributed by atoms with van der Waals surface area (Å²) in [6.45, 7) is 0. The number of hydrogen-bond donors (Lipinski definition) is 0. The Hall–Kier alpha value is -5.37. The molecular formula is C33H27NO7. The van der Waals surface area contributed by atoms with Crippen LogP contribution in [0.15, 0.2) is 91.1 Å². The van der Waals surface area contributed by atoms with Gasteiger partial charge in [-0.25, -0.2) is 9.59 Å². The molecule has 41 heavy (non-hydrogen) atoms. The van der Waals surface area contributed by atoms with E-state index in [0.717, 1.165) is 27.2 Å². The van der Waals surface area contributed by atoms with E-state index in [2.05, 4.69) is 0 Å². The fourth-order valence-electron chi connectivity index (χ4n) is 4.72. The van der Waals surface area contributed by atoms with Crippen LogP contribution in [0, 0.1) is 0 Å². The van der Waals surface area contributed by atoms with Gasteiger partial charge in [0.05, 0.1) is 33.3 Å². The van der Waals surface area contributed by atoms with Gasteiger partial charge >= 0.3 is 17.9 Å². The number of nitrogens with zero attached hydrogens (tertiary/aromatic N) is 1. The largest absolute Gasteiger partial charge is 0.497 e. The van der Waals surface area contributed by atoms with Gasteiger partial charge in [-0.3, -0.25) is 4.79 Å². The zero-order chi connectivity index (χ0) is 28.9. The van der Waals surface area contributed by atoms with E-state index >= 15 is 0 Å². The Morgan fingerprint density at radius 2 is 1.54 bits per heavy atom. The minimum atomic E-state index is -0.506. The molecule has 5 aromatic rings. The van der Waals surface area contributed by atoms with Crippen LogP contribution in [0.4, 0.5) is 0 Å². The van der Waals surface area contributed by atoms with Gasteiger partial charge in [-0.05, 0) is 83.1 Å². The number of aromatic nitrogens is 1. The lowest BCUT2D eigenvalue weighted by Crippen LogP contribution is -2.09. The molecule has 0 saturated heterocycles. The van der Waals surface area contributed by atoms with E-state index < -0.39 is 17.9 Å². The molecule has 0 N–H and O–H groups in total. The number of hydrogen-bond acceptors (Lipinski definition) is 7. The van der Waals surface area contributed by atoms with Crippen LogP contribution in [0.1, 0.15) is 21.6 Å². The van der Waals surface area contributed by atoms with Crippen LogP contribution in [-0.4, -0.2) is 43.8 Å². The Morgan fingerprint density at radius 1 is 0.805 bits per heavy atom. The van der Waals surface area contributed by atoms with Crippen molar-refractivity contribution in [2.75, 3.05) is 21.3 Å². The maximum Gasteiger partial charge on any atom is 0.343 e. The Balaban J connectivity index is 1.73. The van der Waals surface area contributed by atoms with Crippen LogP contribution in [0.25, 0.3) is 33.3 Å². The number of esters is 3. The molecule has 206 valence electrons. The Labute approximate surface area is 236 Å². The molecule has 0 atom stereocenters. The molecule has 0 unspecified atom stereocenters. The highest BCUT2D eigenvalue weighted by atomic mass is 16.5. The molecule has 0 saturated carbocycles. The Morgan fingerprint density at radius 3 is 2.22 bits per heavy atom. The predicted octanol–water partition coefficient (Wildman–Crippen LogP) is 5.91. The molecule has 4 aromatic carbocycles. The summed E-state index contributed by atoms with van der Waals surface area (Å²) in [5, 5.41) is 3.19. The third-order valence-electron chi connectivity index (χ3n) is 6.73. The number of rotatable bonds is 8. The quantitative estimate of drug-likeness (QED) is 0.135. The van der Waals surface area contributed by atoms with Crippen LogP contribution >= 0.6 is 0 Å². The molecule has 0 aliphatic carbocycles. The molecule has 5 rings (SSSR count). The van der Waals surface area contributed by atoms with E-state index in [1.54, 1.807) is 49.6 Å². The summed E-state index contributed by atoms with van der Waals surface area (Å²) in [4.78, 5) is 37.3. The molecule has 0 radical (unpaired) electrons. The highest BCUT2D eigenvalue weighted by Gasteiger charge is 2.20. The summed E-state index contributed by atoms with van der Waals surface area (Å²) in [6.07, 6.45) is 4.92. The van der Waals surface area contributed by atoms with E-state index in [0.29, 0.717) is 28.3 Å². The van der Waals surface area contributed by atoms with Crippen molar-refractivity contribution in [2.24, 2.45) is 0 Å². The first-order valence-corrected chi connectivity index (χ1v) is 12.8. The molecule has 8 nitrogen and oxygen atoms in total. The van der Waals surface area contributed by atoms with Crippen molar-refractivity contribution in [1.82, 2.24) is 4.57 Å². The van der Waals surface area contributed by atoms with Crippen LogP contribution in [-0.2, 0) is 25.5 Å². The lowest BCUT2D eigenvalue weighted by Gasteiger charge is -2.12. The molecule has 0 aliphatic heterocycles. The molecule has 0 amide bonds. The average Bonchev–Trinajstić information content (AvgIpc) is 3.39. The molecule has 0 fully saturated rings. The van der Waals surface area contributed by atoms with Crippen molar-refractivity contribution in [3.63, 3.8) is 0 Å². The number of carbonyl (C=O) groups is 3. The minimum absolute atomic E-state index is 0.00393. The standard InChI is InChI=1S/C33H27NO7/c1-38-25-12-10-24(11-13-25)34-20-28-22(9-16-30(35)39-2)17-23-18-26(41-33(37)21-7-5-4-6-8-21)14-15-27(23)32(28)29(34)19-31(36)40-3/h4-18,20H,19H2,1-3H3/b16-9+. The van der Waals surface area contributed by atoms with Crippen molar-refractivity contribution in [2.45, 2.75) is 6.42 Å². The first-order chi connectivity index (χ1) is 19.9. The molecule has 0 bridgehead atoms. The van der Waals surface area contributed by atoms with Gasteiger partial charge in [0.25, 0.3) is 0 Å². The van der Waals surface area contributed by atoms with Crippen molar-refractivity contribution in [3.05, 3.63) is 108 Å². The summed E-state index contributed by atoms with van der Waals surface area (Å²) in [5.74, 6) is -0.332. The summed E-state index contributed by atoms with van der Waals surface area (Å²) >= 11 is 0. The molecule has 1 heterocycles. The van der Waals surface area contributed by atoms with E-state index in [1.165, 1.54) is 20.3 Å². The third kappa shape index (κ3) is 5.67. The van der Waals surface area contributed by atoms with Crippen molar-refractivity contribution in [3.8, 4) is 17.2 Å². The monoisotopic (exact) mass is 549 g/mol. The van der Waals surface area contributed by atoms with Crippen molar-refractivity contribution >= 4 is 45.5 Å². The fourth-order valence-corrected chi connectivity index (χ4v) is 4.72. The second-order valence-corrected chi connectivity index (χ2v) is 9.15. The zero-order valence-electron chi connectivity index (χ0n) is 22.7. The predicted molar refractivity (Wildman–Crippen MR) is 156 cm³/mol. The average molecular weight is 550 g/mol. The number of benzene rings is 4. The van der Waals surface area contributed by atoms with Crippen LogP contribution in [0.3, 0.4) is 0 Å². The molecule has 1 aromatic heterocycles. The number of fused-ring (bicyclic) bond motifs is 3.